The Hall–Kier alpha value is -2.17. The van der Waals surface area contributed by atoms with Crippen molar-refractivity contribution in [1.82, 2.24) is 0 Å². The van der Waals surface area contributed by atoms with Crippen molar-refractivity contribution in [3.05, 3.63) is 66.3 Å². The number of benzene rings is 1. The molecule has 0 aromatic heterocycles. The van der Waals surface area contributed by atoms with Crippen LogP contribution < -0.4 is 0 Å². The molecule has 0 spiro atoms. The number of cyclic esters (lactones) is 1. The molecule has 0 unspecified atom stereocenters. The van der Waals surface area contributed by atoms with Gasteiger partial charge in [-0.2, -0.15) is 0 Å². The van der Waals surface area contributed by atoms with Crippen molar-refractivity contribution >= 4 is 12.0 Å². The lowest BCUT2D eigenvalue weighted by Gasteiger charge is -2.15. The quantitative estimate of drug-likeness (QED) is 0.600. The Morgan fingerprint density at radius 2 is 2.04 bits per heavy atom. The third-order valence-electron chi connectivity index (χ3n) is 3.47. The molecule has 1 aromatic carbocycles. The number of esters is 1. The van der Waals surface area contributed by atoms with E-state index in [-0.39, 0.29) is 18.5 Å². The van der Waals surface area contributed by atoms with Crippen LogP contribution in [-0.2, 0) is 9.53 Å². The van der Waals surface area contributed by atoms with Crippen molar-refractivity contribution in [3.8, 4) is 0 Å². The van der Waals surface area contributed by atoms with Gasteiger partial charge in [-0.25, -0.2) is 4.79 Å². The van der Waals surface area contributed by atoms with E-state index in [2.05, 4.69) is 0 Å². The van der Waals surface area contributed by atoms with E-state index in [0.29, 0.717) is 12.8 Å². The average molecular weight is 314 g/mol. The molecule has 0 fully saturated rings. The molecule has 0 bridgehead atoms. The van der Waals surface area contributed by atoms with Crippen molar-refractivity contribution in [1.29, 1.82) is 0 Å². The molecule has 2 N–H and O–H groups in total. The Labute approximate surface area is 136 Å². The molecule has 0 saturated heterocycles. The highest BCUT2D eigenvalue weighted by atomic mass is 16.5. The molecule has 4 heteroatoms. The molecule has 0 radical (unpaired) electrons. The van der Waals surface area contributed by atoms with Crippen LogP contribution in [0.1, 0.15) is 24.8 Å². The monoisotopic (exact) mass is 314 g/mol. The first-order valence-corrected chi connectivity index (χ1v) is 7.76. The van der Waals surface area contributed by atoms with Crippen molar-refractivity contribution in [2.75, 3.05) is 0 Å². The second-order valence-electron chi connectivity index (χ2n) is 5.50. The maximum Gasteiger partial charge on any atom is 0.331 e. The van der Waals surface area contributed by atoms with E-state index in [0.717, 1.165) is 5.56 Å². The SMILES string of the molecule is O=C1C=CC[C@@H](C=CC[C@H](O)C[C@@H](O)C=Cc2ccccc2)O1. The summed E-state index contributed by atoms with van der Waals surface area (Å²) in [6.07, 6.45) is 9.98. The van der Waals surface area contributed by atoms with E-state index in [9.17, 15) is 15.0 Å². The third kappa shape index (κ3) is 6.63. The van der Waals surface area contributed by atoms with E-state index in [1.165, 1.54) is 6.08 Å². The molecule has 4 nitrogen and oxygen atoms in total. The predicted molar refractivity (Wildman–Crippen MR) is 89.5 cm³/mol. The summed E-state index contributed by atoms with van der Waals surface area (Å²) in [5, 5.41) is 19.8. The number of aliphatic hydroxyl groups excluding tert-OH is 2. The second-order valence-corrected chi connectivity index (χ2v) is 5.50. The first kappa shape index (κ1) is 17.2. The van der Waals surface area contributed by atoms with Gasteiger partial charge in [0.25, 0.3) is 0 Å². The van der Waals surface area contributed by atoms with E-state index in [1.807, 2.05) is 36.4 Å². The zero-order valence-electron chi connectivity index (χ0n) is 12.9. The fourth-order valence-corrected chi connectivity index (χ4v) is 2.28. The summed E-state index contributed by atoms with van der Waals surface area (Å²) in [4.78, 5) is 11.1. The summed E-state index contributed by atoms with van der Waals surface area (Å²) in [5.41, 5.74) is 1.01. The summed E-state index contributed by atoms with van der Waals surface area (Å²) in [6, 6.07) is 9.69. The predicted octanol–water partition coefficient (Wildman–Crippen LogP) is 2.63. The zero-order chi connectivity index (χ0) is 16.5. The van der Waals surface area contributed by atoms with Crippen molar-refractivity contribution < 1.29 is 19.7 Å². The third-order valence-corrected chi connectivity index (χ3v) is 3.47. The molecular formula is C19H22O4. The van der Waals surface area contributed by atoms with Gasteiger partial charge in [0.05, 0.1) is 12.2 Å². The Balaban J connectivity index is 1.71. The molecule has 0 saturated carbocycles. The Morgan fingerprint density at radius 1 is 1.26 bits per heavy atom. The smallest absolute Gasteiger partial charge is 0.331 e. The van der Waals surface area contributed by atoms with Gasteiger partial charge in [0, 0.05) is 18.9 Å². The van der Waals surface area contributed by atoms with Crippen LogP contribution in [0, 0.1) is 0 Å². The minimum atomic E-state index is -0.700. The molecule has 23 heavy (non-hydrogen) atoms. The minimum absolute atomic E-state index is 0.261. The van der Waals surface area contributed by atoms with Crippen molar-refractivity contribution in [3.63, 3.8) is 0 Å². The normalized spacial score (nSPS) is 20.8. The van der Waals surface area contributed by atoms with Crippen LogP contribution in [0.15, 0.2) is 60.7 Å². The highest BCUT2D eigenvalue weighted by Gasteiger charge is 2.13. The molecular weight excluding hydrogens is 292 g/mol. The topological polar surface area (TPSA) is 66.8 Å². The van der Waals surface area contributed by atoms with Crippen LogP contribution in [0.3, 0.4) is 0 Å². The molecule has 2 rings (SSSR count). The zero-order valence-corrected chi connectivity index (χ0v) is 12.9. The Morgan fingerprint density at radius 3 is 2.78 bits per heavy atom. The number of rotatable bonds is 7. The van der Waals surface area contributed by atoms with Crippen molar-refractivity contribution in [2.45, 2.75) is 37.6 Å². The van der Waals surface area contributed by atoms with Gasteiger partial charge in [-0.1, -0.05) is 54.6 Å². The molecule has 3 atom stereocenters. The van der Waals surface area contributed by atoms with Crippen LogP contribution in [0.2, 0.25) is 0 Å². The fourth-order valence-electron chi connectivity index (χ4n) is 2.28. The Bertz CT molecular complexity index is 574. The lowest BCUT2D eigenvalue weighted by molar-refractivity contribution is -0.141. The van der Waals surface area contributed by atoms with Crippen LogP contribution in [-0.4, -0.2) is 34.5 Å². The summed E-state index contributed by atoms with van der Waals surface area (Å²) >= 11 is 0. The number of carbonyl (C=O) groups excluding carboxylic acids is 1. The second kappa shape index (κ2) is 9.08. The standard InChI is InChI=1S/C19H22O4/c20-16(8-4-9-18-10-5-11-19(22)23-18)14-17(21)13-12-15-6-2-1-3-7-15/h1-7,9,11-13,16-18,20-21H,8,10,14H2/t16-,17-,18+/m0/s1. The number of hydrogen-bond acceptors (Lipinski definition) is 4. The van der Waals surface area contributed by atoms with Gasteiger partial charge >= 0.3 is 5.97 Å². The molecule has 0 aliphatic carbocycles. The fraction of sp³-hybridized carbons (Fsp3) is 0.316. The van der Waals surface area contributed by atoms with E-state index < -0.39 is 12.2 Å². The van der Waals surface area contributed by atoms with Gasteiger partial charge in [-0.15, -0.1) is 0 Å². The lowest BCUT2D eigenvalue weighted by atomic mass is 10.1. The molecule has 1 heterocycles. The van der Waals surface area contributed by atoms with E-state index in [1.54, 1.807) is 24.3 Å². The summed E-state index contributed by atoms with van der Waals surface area (Å²) < 4.78 is 5.08. The van der Waals surface area contributed by atoms with Crippen LogP contribution in [0.4, 0.5) is 0 Å². The molecule has 0 amide bonds. The van der Waals surface area contributed by atoms with Crippen LogP contribution >= 0.6 is 0 Å². The van der Waals surface area contributed by atoms with Gasteiger partial charge in [0.1, 0.15) is 6.10 Å². The number of ether oxygens (including phenoxy) is 1. The van der Waals surface area contributed by atoms with Crippen LogP contribution in [0.25, 0.3) is 6.08 Å². The maximum absolute atomic E-state index is 11.1. The average Bonchev–Trinajstić information content (AvgIpc) is 2.54. The molecule has 122 valence electrons. The minimum Gasteiger partial charge on any atom is -0.455 e. The van der Waals surface area contributed by atoms with Crippen molar-refractivity contribution in [2.24, 2.45) is 0 Å². The highest BCUT2D eigenvalue weighted by molar-refractivity contribution is 5.82. The van der Waals surface area contributed by atoms with Gasteiger partial charge in [0.15, 0.2) is 0 Å². The van der Waals surface area contributed by atoms with Gasteiger partial charge in [-0.05, 0) is 18.1 Å². The number of carbonyl (C=O) groups is 1. The van der Waals surface area contributed by atoms with E-state index in [4.69, 9.17) is 4.74 Å². The summed E-state index contributed by atoms with van der Waals surface area (Å²) in [5.74, 6) is -0.340. The highest BCUT2D eigenvalue weighted by Crippen LogP contribution is 2.11. The van der Waals surface area contributed by atoms with Gasteiger partial charge < -0.3 is 14.9 Å². The molecule has 1 aliphatic rings. The van der Waals surface area contributed by atoms with Gasteiger partial charge in [-0.3, -0.25) is 0 Å². The number of aliphatic hydroxyl groups is 2. The number of hydrogen-bond donors (Lipinski definition) is 2. The Kier molecular flexibility index (Phi) is 6.78. The molecule has 1 aliphatic heterocycles. The summed E-state index contributed by atoms with van der Waals surface area (Å²) in [6.45, 7) is 0. The van der Waals surface area contributed by atoms with Gasteiger partial charge in [0.2, 0.25) is 0 Å². The summed E-state index contributed by atoms with van der Waals surface area (Å²) in [7, 11) is 0. The largest absolute Gasteiger partial charge is 0.455 e. The van der Waals surface area contributed by atoms with E-state index >= 15 is 0 Å². The lowest BCUT2D eigenvalue weighted by Crippen LogP contribution is -2.18. The molecule has 1 aromatic rings. The van der Waals surface area contributed by atoms with Crippen LogP contribution in [0.5, 0.6) is 0 Å². The maximum atomic E-state index is 11.1. The first-order chi connectivity index (χ1) is 11.1. The first-order valence-electron chi connectivity index (χ1n) is 7.76.